The number of benzene rings is 1. The number of piperidine rings is 1. The van der Waals surface area contributed by atoms with E-state index < -0.39 is 10.0 Å². The molecule has 1 saturated heterocycles. The fourth-order valence-corrected chi connectivity index (χ4v) is 5.25. The van der Waals surface area contributed by atoms with E-state index >= 15 is 0 Å². The first-order valence-corrected chi connectivity index (χ1v) is 11.2. The lowest BCUT2D eigenvalue weighted by molar-refractivity contribution is 0.171. The highest BCUT2D eigenvalue weighted by atomic mass is 32.2. The van der Waals surface area contributed by atoms with E-state index in [1.807, 2.05) is 6.07 Å². The van der Waals surface area contributed by atoms with Crippen molar-refractivity contribution in [3.63, 3.8) is 0 Å². The third kappa shape index (κ3) is 3.52. The summed E-state index contributed by atoms with van der Waals surface area (Å²) >= 11 is 0. The molecule has 0 amide bonds. The molecular formula is C20H20N4O5S. The quantitative estimate of drug-likeness (QED) is 0.624. The average Bonchev–Trinajstić information content (AvgIpc) is 3.30. The van der Waals surface area contributed by atoms with Crippen molar-refractivity contribution in [2.75, 3.05) is 26.3 Å². The minimum absolute atomic E-state index is 0.163. The summed E-state index contributed by atoms with van der Waals surface area (Å²) in [4.78, 5) is 8.73. The largest absolute Gasteiger partial charge is 0.486 e. The molecule has 0 spiro atoms. The smallest absolute Gasteiger partial charge is 0.243 e. The molecule has 2 aliphatic heterocycles. The third-order valence-electron chi connectivity index (χ3n) is 5.25. The van der Waals surface area contributed by atoms with Gasteiger partial charge in [0.25, 0.3) is 0 Å². The van der Waals surface area contributed by atoms with Crippen molar-refractivity contribution in [3.05, 3.63) is 48.6 Å². The first kappa shape index (κ1) is 19.0. The Morgan fingerprint density at radius 2 is 1.97 bits per heavy atom. The molecule has 1 unspecified atom stereocenters. The van der Waals surface area contributed by atoms with E-state index in [-0.39, 0.29) is 17.4 Å². The van der Waals surface area contributed by atoms with Crippen LogP contribution in [-0.2, 0) is 10.0 Å². The predicted octanol–water partition coefficient (Wildman–Crippen LogP) is 2.47. The molecule has 0 aliphatic carbocycles. The van der Waals surface area contributed by atoms with Crippen LogP contribution in [0.15, 0.2) is 52.1 Å². The van der Waals surface area contributed by atoms with Crippen LogP contribution in [-0.4, -0.2) is 54.2 Å². The van der Waals surface area contributed by atoms with Crippen LogP contribution in [0.3, 0.4) is 0 Å². The lowest BCUT2D eigenvalue weighted by Gasteiger charge is -2.30. The molecule has 0 bridgehead atoms. The molecule has 0 saturated carbocycles. The van der Waals surface area contributed by atoms with E-state index in [4.69, 9.17) is 14.0 Å². The van der Waals surface area contributed by atoms with Gasteiger partial charge >= 0.3 is 0 Å². The first-order chi connectivity index (χ1) is 14.6. The second-order valence-electron chi connectivity index (χ2n) is 7.21. The summed E-state index contributed by atoms with van der Waals surface area (Å²) in [7, 11) is -3.68. The van der Waals surface area contributed by atoms with Crippen LogP contribution in [0.5, 0.6) is 11.5 Å². The summed E-state index contributed by atoms with van der Waals surface area (Å²) in [6.07, 6.45) is 4.82. The van der Waals surface area contributed by atoms with Crippen molar-refractivity contribution in [2.45, 2.75) is 23.7 Å². The molecule has 4 heterocycles. The van der Waals surface area contributed by atoms with Gasteiger partial charge in [0.1, 0.15) is 13.2 Å². The zero-order chi connectivity index (χ0) is 20.6. The number of nitrogens with zero attached hydrogens (tertiary/aromatic N) is 4. The molecule has 2 aliphatic rings. The highest BCUT2D eigenvalue weighted by molar-refractivity contribution is 7.89. The molecule has 156 valence electrons. The van der Waals surface area contributed by atoms with Crippen LogP contribution in [0.1, 0.15) is 24.7 Å². The van der Waals surface area contributed by atoms with Gasteiger partial charge in [-0.2, -0.15) is 9.29 Å². The van der Waals surface area contributed by atoms with Gasteiger partial charge in [0, 0.05) is 37.1 Å². The molecular weight excluding hydrogens is 408 g/mol. The molecule has 0 radical (unpaired) electrons. The van der Waals surface area contributed by atoms with Crippen molar-refractivity contribution in [3.8, 4) is 22.9 Å². The Hall–Kier alpha value is -2.98. The van der Waals surface area contributed by atoms with Crippen LogP contribution in [0, 0.1) is 0 Å². The van der Waals surface area contributed by atoms with Gasteiger partial charge in [0.05, 0.1) is 10.8 Å². The van der Waals surface area contributed by atoms with Crippen LogP contribution in [0.25, 0.3) is 11.4 Å². The van der Waals surface area contributed by atoms with Crippen molar-refractivity contribution in [1.29, 1.82) is 0 Å². The maximum atomic E-state index is 13.2. The number of hydrogen-bond donors (Lipinski definition) is 0. The maximum Gasteiger partial charge on any atom is 0.243 e. The second kappa shape index (κ2) is 7.69. The molecule has 10 heteroatoms. The average molecular weight is 428 g/mol. The van der Waals surface area contributed by atoms with Gasteiger partial charge < -0.3 is 14.0 Å². The summed E-state index contributed by atoms with van der Waals surface area (Å²) in [6.45, 7) is 1.58. The Morgan fingerprint density at radius 1 is 1.10 bits per heavy atom. The number of hydrogen-bond acceptors (Lipinski definition) is 8. The van der Waals surface area contributed by atoms with E-state index in [9.17, 15) is 8.42 Å². The van der Waals surface area contributed by atoms with Crippen LogP contribution in [0.4, 0.5) is 0 Å². The highest BCUT2D eigenvalue weighted by Crippen LogP contribution is 2.35. The zero-order valence-electron chi connectivity index (χ0n) is 16.1. The van der Waals surface area contributed by atoms with E-state index in [1.54, 1.807) is 30.6 Å². The monoisotopic (exact) mass is 428 g/mol. The van der Waals surface area contributed by atoms with Crippen molar-refractivity contribution >= 4 is 10.0 Å². The fraction of sp³-hybridized carbons (Fsp3) is 0.350. The van der Waals surface area contributed by atoms with Crippen molar-refractivity contribution in [2.24, 2.45) is 0 Å². The Labute approximate surface area is 173 Å². The minimum Gasteiger partial charge on any atom is -0.486 e. The van der Waals surface area contributed by atoms with E-state index in [2.05, 4.69) is 15.1 Å². The van der Waals surface area contributed by atoms with Crippen LogP contribution >= 0.6 is 0 Å². The number of sulfonamides is 1. The summed E-state index contributed by atoms with van der Waals surface area (Å²) in [6, 6.07) is 8.37. The molecule has 30 heavy (non-hydrogen) atoms. The SMILES string of the molecule is O=S(=O)(c1ccc2c(c1)OCCO2)N1CCCC(c2nc(-c3cccnc3)no2)C1. The fourth-order valence-electron chi connectivity index (χ4n) is 3.71. The first-order valence-electron chi connectivity index (χ1n) is 9.75. The molecule has 1 aromatic carbocycles. The third-order valence-corrected chi connectivity index (χ3v) is 7.11. The molecule has 5 rings (SSSR count). The number of pyridine rings is 1. The van der Waals surface area contributed by atoms with Crippen LogP contribution in [0.2, 0.25) is 0 Å². The Balaban J connectivity index is 1.37. The summed E-state index contributed by atoms with van der Waals surface area (Å²) < 4.78 is 44.4. The van der Waals surface area contributed by atoms with Gasteiger partial charge in [-0.05, 0) is 37.1 Å². The number of rotatable bonds is 4. The minimum atomic E-state index is -3.68. The standard InChI is InChI=1S/C20H20N4O5S/c25-30(26,16-5-6-17-18(11-16)28-10-9-27-17)24-8-2-4-15(13-24)20-22-19(23-29-20)14-3-1-7-21-12-14/h1,3,5-7,11-12,15H,2,4,8-10,13H2. The molecule has 0 N–H and O–H groups in total. The van der Waals surface area contributed by atoms with E-state index in [0.717, 1.165) is 12.0 Å². The molecule has 2 aromatic heterocycles. The Bertz CT molecular complexity index is 1150. The van der Waals surface area contributed by atoms with E-state index in [0.29, 0.717) is 49.4 Å². The lowest BCUT2D eigenvalue weighted by atomic mass is 10.00. The van der Waals surface area contributed by atoms with Gasteiger partial charge in [-0.3, -0.25) is 4.98 Å². The molecule has 1 atom stereocenters. The maximum absolute atomic E-state index is 13.2. The van der Waals surface area contributed by atoms with Crippen LogP contribution < -0.4 is 9.47 Å². The second-order valence-corrected chi connectivity index (χ2v) is 9.14. The highest BCUT2D eigenvalue weighted by Gasteiger charge is 2.34. The van der Waals surface area contributed by atoms with Gasteiger partial charge in [0.2, 0.25) is 21.7 Å². The van der Waals surface area contributed by atoms with E-state index in [1.165, 1.54) is 10.4 Å². The Morgan fingerprint density at radius 3 is 2.80 bits per heavy atom. The predicted molar refractivity (Wildman–Crippen MR) is 106 cm³/mol. The van der Waals surface area contributed by atoms with Gasteiger partial charge in [-0.25, -0.2) is 8.42 Å². The van der Waals surface area contributed by atoms with Gasteiger partial charge in [-0.1, -0.05) is 5.16 Å². The lowest BCUT2D eigenvalue weighted by Crippen LogP contribution is -2.39. The molecule has 3 aromatic rings. The molecule has 9 nitrogen and oxygen atoms in total. The zero-order valence-corrected chi connectivity index (χ0v) is 16.9. The summed E-state index contributed by atoms with van der Waals surface area (Å²) in [5, 5.41) is 4.03. The summed E-state index contributed by atoms with van der Waals surface area (Å²) in [5.74, 6) is 1.74. The molecule has 1 fully saturated rings. The van der Waals surface area contributed by atoms with Crippen molar-refractivity contribution in [1.82, 2.24) is 19.4 Å². The number of aromatic nitrogens is 3. The topological polar surface area (TPSA) is 108 Å². The van der Waals surface area contributed by atoms with Gasteiger partial charge in [0.15, 0.2) is 11.5 Å². The number of fused-ring (bicyclic) bond motifs is 1. The number of ether oxygens (including phenoxy) is 2. The normalized spacial score (nSPS) is 19.5. The van der Waals surface area contributed by atoms with Gasteiger partial charge in [-0.15, -0.1) is 0 Å². The summed E-state index contributed by atoms with van der Waals surface area (Å²) in [5.41, 5.74) is 0.754. The Kier molecular flexibility index (Phi) is 4.87. The van der Waals surface area contributed by atoms with Crippen molar-refractivity contribution < 1.29 is 22.4 Å².